The van der Waals surface area contributed by atoms with Gasteiger partial charge in [-0.1, -0.05) is 44.2 Å². The summed E-state index contributed by atoms with van der Waals surface area (Å²) in [4.78, 5) is -0.514. The van der Waals surface area contributed by atoms with Gasteiger partial charge in [-0.15, -0.1) is 0 Å². The van der Waals surface area contributed by atoms with Crippen molar-refractivity contribution >= 4 is 15.9 Å². The second-order valence-corrected chi connectivity index (χ2v) is 9.47. The van der Waals surface area contributed by atoms with E-state index in [9.17, 15) is 26.9 Å². The molecule has 166 valence electrons. The van der Waals surface area contributed by atoms with Crippen LogP contribution in [0.15, 0.2) is 70.5 Å². The van der Waals surface area contributed by atoms with Gasteiger partial charge in [-0.05, 0) is 54.8 Å². The summed E-state index contributed by atoms with van der Waals surface area (Å²) in [6.07, 6.45) is -3.34. The van der Waals surface area contributed by atoms with Gasteiger partial charge in [-0.3, -0.25) is 0 Å². The van der Waals surface area contributed by atoms with Gasteiger partial charge in [0, 0.05) is 11.4 Å². The second kappa shape index (κ2) is 8.67. The Kier molecular flexibility index (Phi) is 6.33. The number of para-hydroxylation sites is 1. The van der Waals surface area contributed by atoms with Crippen LogP contribution in [-0.2, 0) is 16.0 Å². The Morgan fingerprint density at radius 1 is 1.06 bits per heavy atom. The quantitative estimate of drug-likeness (QED) is 0.424. The van der Waals surface area contributed by atoms with E-state index in [1.165, 1.54) is 41.0 Å². The zero-order valence-electron chi connectivity index (χ0n) is 17.7. The normalized spacial score (nSPS) is 12.8. The summed E-state index contributed by atoms with van der Waals surface area (Å²) in [5.41, 5.74) is 0.488. The molecule has 0 saturated heterocycles. The Labute approximate surface area is 185 Å². The number of rotatable bonds is 5. The molecule has 1 heterocycles. The minimum Gasteiger partial charge on any atom is -0.317 e. The van der Waals surface area contributed by atoms with E-state index in [1.54, 1.807) is 37.3 Å². The lowest BCUT2D eigenvalue weighted by atomic mass is 10.1. The molecule has 32 heavy (non-hydrogen) atoms. The lowest BCUT2D eigenvalue weighted by molar-refractivity contribution is -0.137. The highest BCUT2D eigenvalue weighted by atomic mass is 32.2. The Morgan fingerprint density at radius 2 is 1.66 bits per heavy atom. The number of nitriles is 1. The summed E-state index contributed by atoms with van der Waals surface area (Å²) in [5, 5.41) is 9.58. The van der Waals surface area contributed by atoms with Crippen molar-refractivity contribution in [1.82, 2.24) is 4.57 Å². The van der Waals surface area contributed by atoms with Crippen LogP contribution >= 0.6 is 0 Å². The fraction of sp³-hybridized carbons (Fsp3) is 0.208. The molecule has 2 aromatic carbocycles. The third-order valence-electron chi connectivity index (χ3n) is 5.10. The van der Waals surface area contributed by atoms with Gasteiger partial charge in [0.15, 0.2) is 0 Å². The van der Waals surface area contributed by atoms with E-state index in [0.29, 0.717) is 17.0 Å². The molecule has 0 saturated carbocycles. The number of hydrogen-bond acceptors (Lipinski definition) is 3. The number of nitrogens with zero attached hydrogens (tertiary/aromatic N) is 2. The van der Waals surface area contributed by atoms with E-state index in [4.69, 9.17) is 0 Å². The van der Waals surface area contributed by atoms with Crippen molar-refractivity contribution in [3.8, 4) is 11.8 Å². The number of benzene rings is 2. The number of hydrogen-bond donors (Lipinski definition) is 0. The fourth-order valence-corrected chi connectivity index (χ4v) is 4.66. The van der Waals surface area contributed by atoms with Crippen molar-refractivity contribution < 1.29 is 21.6 Å². The molecule has 3 rings (SSSR count). The molecule has 4 nitrogen and oxygen atoms in total. The highest BCUT2D eigenvalue weighted by Gasteiger charge is 2.34. The van der Waals surface area contributed by atoms with Crippen molar-refractivity contribution in [1.29, 1.82) is 5.26 Å². The molecule has 0 N–H and O–H groups in total. The van der Waals surface area contributed by atoms with Crippen molar-refractivity contribution in [3.63, 3.8) is 0 Å². The first-order valence-electron chi connectivity index (χ1n) is 9.79. The molecule has 0 atom stereocenters. The van der Waals surface area contributed by atoms with Crippen molar-refractivity contribution in [3.05, 3.63) is 88.1 Å². The van der Waals surface area contributed by atoms with E-state index in [-0.39, 0.29) is 16.5 Å². The first-order chi connectivity index (χ1) is 15.0. The van der Waals surface area contributed by atoms with E-state index in [0.717, 1.165) is 6.07 Å². The molecular formula is C24H21F3N2O2S. The number of sulfone groups is 1. The van der Waals surface area contributed by atoms with Gasteiger partial charge in [0.1, 0.15) is 11.0 Å². The molecule has 3 aromatic rings. The van der Waals surface area contributed by atoms with Crippen molar-refractivity contribution in [2.45, 2.75) is 37.8 Å². The van der Waals surface area contributed by atoms with Gasteiger partial charge in [-0.2, -0.15) is 18.4 Å². The minimum atomic E-state index is -4.56. The summed E-state index contributed by atoms with van der Waals surface area (Å²) in [5.74, 6) is -0.159. The first-order valence-corrected chi connectivity index (χ1v) is 11.3. The molecule has 0 aliphatic carbocycles. The number of alkyl halides is 3. The highest BCUT2D eigenvalue weighted by molar-refractivity contribution is 7.95. The average Bonchev–Trinajstić information content (AvgIpc) is 3.08. The summed E-state index contributed by atoms with van der Waals surface area (Å²) >= 11 is 0. The van der Waals surface area contributed by atoms with Crippen molar-refractivity contribution in [2.75, 3.05) is 0 Å². The Morgan fingerprint density at radius 3 is 2.22 bits per heavy atom. The maximum absolute atomic E-state index is 13.7. The first kappa shape index (κ1) is 23.4. The third kappa shape index (κ3) is 4.34. The third-order valence-corrected chi connectivity index (χ3v) is 6.78. The maximum Gasteiger partial charge on any atom is 0.418 e. The fourth-order valence-electron chi connectivity index (χ4n) is 3.49. The molecule has 1 aromatic heterocycles. The summed E-state index contributed by atoms with van der Waals surface area (Å²) in [6.45, 7) is 5.27. The lowest BCUT2D eigenvalue weighted by Crippen LogP contribution is -2.13. The van der Waals surface area contributed by atoms with Gasteiger partial charge >= 0.3 is 6.18 Å². The molecule has 0 fully saturated rings. The maximum atomic E-state index is 13.7. The summed E-state index contributed by atoms with van der Waals surface area (Å²) < 4.78 is 68.3. The zero-order valence-corrected chi connectivity index (χ0v) is 18.5. The SMILES string of the molecule is Cc1c(/C=C(\C#N)S(=O)(=O)c2ccccc2)cc(C(C)C)n1-c1ccccc1C(F)(F)F. The Bertz CT molecular complexity index is 1310. The molecule has 0 aliphatic heterocycles. The minimum absolute atomic E-state index is 0.0311. The smallest absolute Gasteiger partial charge is 0.317 e. The molecule has 0 bridgehead atoms. The molecule has 0 amide bonds. The molecular weight excluding hydrogens is 437 g/mol. The van der Waals surface area contributed by atoms with Gasteiger partial charge in [0.25, 0.3) is 0 Å². The molecule has 0 unspecified atom stereocenters. The van der Waals surface area contributed by atoms with E-state index in [1.807, 2.05) is 13.8 Å². The van der Waals surface area contributed by atoms with Crippen LogP contribution in [0.4, 0.5) is 13.2 Å². The highest BCUT2D eigenvalue weighted by Crippen LogP contribution is 2.37. The van der Waals surface area contributed by atoms with E-state index >= 15 is 0 Å². The van der Waals surface area contributed by atoms with Crippen LogP contribution in [0.3, 0.4) is 0 Å². The van der Waals surface area contributed by atoms with Crippen LogP contribution in [0, 0.1) is 18.3 Å². The zero-order chi connectivity index (χ0) is 23.7. The monoisotopic (exact) mass is 458 g/mol. The van der Waals surface area contributed by atoms with Crippen LogP contribution in [0.1, 0.15) is 42.3 Å². The molecule has 0 aliphatic rings. The lowest BCUT2D eigenvalue weighted by Gasteiger charge is -2.19. The average molecular weight is 459 g/mol. The molecule has 8 heteroatoms. The van der Waals surface area contributed by atoms with Crippen LogP contribution < -0.4 is 0 Å². The molecule has 0 spiro atoms. The summed E-state index contributed by atoms with van der Waals surface area (Å²) in [6, 6.07) is 16.1. The number of aromatic nitrogens is 1. The van der Waals surface area contributed by atoms with Crippen molar-refractivity contribution in [2.24, 2.45) is 0 Å². The predicted octanol–water partition coefficient (Wildman–Crippen LogP) is 6.27. The second-order valence-electron chi connectivity index (χ2n) is 7.55. The summed E-state index contributed by atoms with van der Waals surface area (Å²) in [7, 11) is -4.08. The largest absolute Gasteiger partial charge is 0.418 e. The Hall–Kier alpha value is -3.31. The van der Waals surface area contributed by atoms with E-state index < -0.39 is 26.5 Å². The van der Waals surface area contributed by atoms with E-state index in [2.05, 4.69) is 0 Å². The van der Waals surface area contributed by atoms with Crippen LogP contribution in [0.5, 0.6) is 0 Å². The number of allylic oxidation sites excluding steroid dienone is 1. The van der Waals surface area contributed by atoms with Gasteiger partial charge in [0.2, 0.25) is 9.84 Å². The van der Waals surface area contributed by atoms with Crippen LogP contribution in [-0.4, -0.2) is 13.0 Å². The predicted molar refractivity (Wildman–Crippen MR) is 117 cm³/mol. The van der Waals surface area contributed by atoms with Gasteiger partial charge < -0.3 is 4.57 Å². The van der Waals surface area contributed by atoms with Gasteiger partial charge in [-0.25, -0.2) is 8.42 Å². The van der Waals surface area contributed by atoms with Crippen LogP contribution in [0.25, 0.3) is 11.8 Å². The topological polar surface area (TPSA) is 62.9 Å². The van der Waals surface area contributed by atoms with Crippen LogP contribution in [0.2, 0.25) is 0 Å². The number of halogens is 3. The Balaban J connectivity index is 2.25. The van der Waals surface area contributed by atoms with Gasteiger partial charge in [0.05, 0.1) is 16.1 Å². The standard InChI is InChI=1S/C24H21F3N2O2S/c1-16(2)23-14-18(13-20(15-28)32(30,31)19-9-5-4-6-10-19)17(3)29(23)22-12-8-7-11-21(22)24(25,26)27/h4-14,16H,1-3H3/b20-13+. The molecule has 0 radical (unpaired) electrons.